The van der Waals surface area contributed by atoms with Crippen LogP contribution in [0.15, 0.2) is 16.6 Å². The zero-order chi connectivity index (χ0) is 14.1. The highest BCUT2D eigenvalue weighted by Crippen LogP contribution is 2.26. The van der Waals surface area contributed by atoms with Crippen molar-refractivity contribution in [3.63, 3.8) is 0 Å². The predicted molar refractivity (Wildman–Crippen MR) is 79.7 cm³/mol. The smallest absolute Gasteiger partial charge is 0.241 e. The summed E-state index contributed by atoms with van der Waals surface area (Å²) in [6.07, 6.45) is 0. The molecule has 0 aromatic heterocycles. The van der Waals surface area contributed by atoms with E-state index in [1.165, 1.54) is 0 Å². The Morgan fingerprint density at radius 2 is 1.72 bits per heavy atom. The number of halogens is 1. The van der Waals surface area contributed by atoms with Gasteiger partial charge in [-0.25, -0.2) is 0 Å². The number of amides is 1. The third-order valence-corrected chi connectivity index (χ3v) is 3.42. The van der Waals surface area contributed by atoms with Crippen molar-refractivity contribution in [2.75, 3.05) is 5.32 Å². The Morgan fingerprint density at radius 3 is 2.11 bits per heavy atom. The van der Waals surface area contributed by atoms with E-state index in [2.05, 4.69) is 21.2 Å². The van der Waals surface area contributed by atoms with E-state index < -0.39 is 6.04 Å². The molecule has 0 unspecified atom stereocenters. The summed E-state index contributed by atoms with van der Waals surface area (Å²) in [7, 11) is 0. The Kier molecular flexibility index (Phi) is 4.56. The normalized spacial score (nSPS) is 13.3. The fourth-order valence-corrected chi connectivity index (χ4v) is 2.39. The van der Waals surface area contributed by atoms with Crippen LogP contribution in [0.5, 0.6) is 0 Å². The second kappa shape index (κ2) is 5.41. The summed E-state index contributed by atoms with van der Waals surface area (Å²) in [5, 5.41) is 2.93. The van der Waals surface area contributed by atoms with Gasteiger partial charge in [0, 0.05) is 10.2 Å². The van der Waals surface area contributed by atoms with Gasteiger partial charge in [0.2, 0.25) is 5.91 Å². The maximum Gasteiger partial charge on any atom is 0.241 e. The molecule has 0 spiro atoms. The molecule has 0 bridgehead atoms. The molecule has 100 valence electrons. The minimum atomic E-state index is -0.528. The molecular weight excluding hydrogens is 292 g/mol. The topological polar surface area (TPSA) is 55.1 Å². The largest absolute Gasteiger partial charge is 0.324 e. The molecule has 0 radical (unpaired) electrons. The van der Waals surface area contributed by atoms with E-state index in [4.69, 9.17) is 5.73 Å². The quantitative estimate of drug-likeness (QED) is 0.879. The molecule has 0 saturated carbocycles. The molecule has 0 fully saturated rings. The molecule has 1 aromatic carbocycles. The third kappa shape index (κ3) is 3.56. The van der Waals surface area contributed by atoms with Gasteiger partial charge in [-0.1, -0.05) is 36.7 Å². The van der Waals surface area contributed by atoms with Crippen molar-refractivity contribution < 1.29 is 4.79 Å². The third-order valence-electron chi connectivity index (χ3n) is 2.96. The number of aryl methyl sites for hydroxylation is 2. The monoisotopic (exact) mass is 312 g/mol. The molecule has 1 aromatic rings. The van der Waals surface area contributed by atoms with Gasteiger partial charge in [-0.15, -0.1) is 0 Å². The molecule has 1 amide bonds. The first-order valence-electron chi connectivity index (χ1n) is 5.96. The van der Waals surface area contributed by atoms with Crippen molar-refractivity contribution >= 4 is 27.5 Å². The Balaban J connectivity index is 2.96. The van der Waals surface area contributed by atoms with E-state index in [1.54, 1.807) is 0 Å². The van der Waals surface area contributed by atoms with Crippen LogP contribution < -0.4 is 11.1 Å². The lowest BCUT2D eigenvalue weighted by Gasteiger charge is -2.26. The van der Waals surface area contributed by atoms with Crippen LogP contribution in [-0.4, -0.2) is 11.9 Å². The average molecular weight is 313 g/mol. The van der Waals surface area contributed by atoms with Crippen LogP contribution in [-0.2, 0) is 4.79 Å². The summed E-state index contributed by atoms with van der Waals surface area (Å²) >= 11 is 3.44. The van der Waals surface area contributed by atoms with Gasteiger partial charge in [-0.2, -0.15) is 0 Å². The van der Waals surface area contributed by atoms with Gasteiger partial charge >= 0.3 is 0 Å². The van der Waals surface area contributed by atoms with Gasteiger partial charge in [-0.05, 0) is 42.5 Å². The van der Waals surface area contributed by atoms with Gasteiger partial charge in [0.25, 0.3) is 0 Å². The van der Waals surface area contributed by atoms with Crippen LogP contribution >= 0.6 is 15.9 Å². The van der Waals surface area contributed by atoms with Crippen LogP contribution in [0.4, 0.5) is 5.69 Å². The number of nitrogens with two attached hydrogens (primary N) is 1. The molecule has 1 rings (SSSR count). The standard InChI is InChI=1S/C14H21BrN2O/c1-8-6-10(15)7-9(2)11(8)17-13(18)12(16)14(3,4)5/h6-7,12H,16H2,1-5H3,(H,17,18)/t12-/m0/s1. The number of hydrogen-bond donors (Lipinski definition) is 2. The van der Waals surface area contributed by atoms with Crippen LogP contribution in [0.2, 0.25) is 0 Å². The number of rotatable bonds is 2. The molecule has 0 heterocycles. The second-order valence-electron chi connectivity index (χ2n) is 5.75. The molecule has 3 N–H and O–H groups in total. The fraction of sp³-hybridized carbons (Fsp3) is 0.500. The fourth-order valence-electron chi connectivity index (χ4n) is 1.70. The summed E-state index contributed by atoms with van der Waals surface area (Å²) in [4.78, 5) is 12.1. The molecule has 0 aliphatic carbocycles. The minimum absolute atomic E-state index is 0.143. The molecule has 18 heavy (non-hydrogen) atoms. The van der Waals surface area contributed by atoms with Gasteiger partial charge in [-0.3, -0.25) is 4.79 Å². The molecule has 3 nitrogen and oxygen atoms in total. The van der Waals surface area contributed by atoms with Crippen LogP contribution in [0, 0.1) is 19.3 Å². The van der Waals surface area contributed by atoms with Crippen molar-refractivity contribution in [2.24, 2.45) is 11.1 Å². The maximum atomic E-state index is 12.1. The van der Waals surface area contributed by atoms with Crippen molar-refractivity contribution in [3.8, 4) is 0 Å². The Hall–Kier alpha value is -0.870. The SMILES string of the molecule is Cc1cc(Br)cc(C)c1NC(=O)[C@H](N)C(C)(C)C. The highest BCUT2D eigenvalue weighted by atomic mass is 79.9. The van der Waals surface area contributed by atoms with Crippen molar-refractivity contribution in [1.29, 1.82) is 0 Å². The summed E-state index contributed by atoms with van der Waals surface area (Å²) in [5.74, 6) is -0.143. The lowest BCUT2D eigenvalue weighted by molar-refractivity contribution is -0.119. The first-order chi connectivity index (χ1) is 8.12. The van der Waals surface area contributed by atoms with E-state index in [-0.39, 0.29) is 11.3 Å². The molecule has 0 aliphatic heterocycles. The molecule has 0 aliphatic rings. The number of hydrogen-bond acceptors (Lipinski definition) is 2. The lowest BCUT2D eigenvalue weighted by Crippen LogP contribution is -2.45. The molecule has 1 atom stereocenters. The first kappa shape index (κ1) is 15.2. The highest BCUT2D eigenvalue weighted by Gasteiger charge is 2.27. The van der Waals surface area contributed by atoms with Crippen LogP contribution in [0.1, 0.15) is 31.9 Å². The number of carbonyl (C=O) groups is 1. The lowest BCUT2D eigenvalue weighted by atomic mass is 9.87. The Bertz CT molecular complexity index is 440. The van der Waals surface area contributed by atoms with E-state index in [0.717, 1.165) is 21.3 Å². The average Bonchev–Trinajstić information content (AvgIpc) is 2.20. The van der Waals surface area contributed by atoms with Gasteiger partial charge in [0.1, 0.15) is 0 Å². The summed E-state index contributed by atoms with van der Waals surface area (Å²) in [6.45, 7) is 9.81. The van der Waals surface area contributed by atoms with Crippen molar-refractivity contribution in [2.45, 2.75) is 40.7 Å². The maximum absolute atomic E-state index is 12.1. The molecule has 0 saturated heterocycles. The number of carbonyl (C=O) groups excluding carboxylic acids is 1. The Labute approximate surface area is 117 Å². The van der Waals surface area contributed by atoms with Crippen molar-refractivity contribution in [3.05, 3.63) is 27.7 Å². The summed E-state index contributed by atoms with van der Waals surface area (Å²) in [5.41, 5.74) is 8.60. The summed E-state index contributed by atoms with van der Waals surface area (Å²) < 4.78 is 1.01. The van der Waals surface area contributed by atoms with Gasteiger partial charge in [0.15, 0.2) is 0 Å². The van der Waals surface area contributed by atoms with Gasteiger partial charge in [0.05, 0.1) is 6.04 Å². The van der Waals surface area contributed by atoms with Gasteiger partial charge < -0.3 is 11.1 Å². The van der Waals surface area contributed by atoms with E-state index in [9.17, 15) is 4.79 Å². The first-order valence-corrected chi connectivity index (χ1v) is 6.75. The minimum Gasteiger partial charge on any atom is -0.324 e. The van der Waals surface area contributed by atoms with E-state index in [1.807, 2.05) is 46.8 Å². The van der Waals surface area contributed by atoms with Crippen LogP contribution in [0.25, 0.3) is 0 Å². The second-order valence-corrected chi connectivity index (χ2v) is 6.66. The molecule has 4 heteroatoms. The zero-order valence-corrected chi connectivity index (χ0v) is 13.2. The Morgan fingerprint density at radius 1 is 1.28 bits per heavy atom. The molecular formula is C14H21BrN2O. The van der Waals surface area contributed by atoms with E-state index >= 15 is 0 Å². The van der Waals surface area contributed by atoms with Crippen LogP contribution in [0.3, 0.4) is 0 Å². The zero-order valence-electron chi connectivity index (χ0n) is 11.6. The summed E-state index contributed by atoms with van der Waals surface area (Å²) in [6, 6.07) is 3.43. The number of benzene rings is 1. The van der Waals surface area contributed by atoms with E-state index in [0.29, 0.717) is 0 Å². The number of nitrogens with one attached hydrogen (secondary N) is 1. The highest BCUT2D eigenvalue weighted by molar-refractivity contribution is 9.10. The number of anilines is 1. The predicted octanol–water partition coefficient (Wildman–Crippen LogP) is 3.38. The van der Waals surface area contributed by atoms with Crippen molar-refractivity contribution in [1.82, 2.24) is 0 Å².